The second-order valence-electron chi connectivity index (χ2n) is 6.59. The van der Waals surface area contributed by atoms with Gasteiger partial charge >= 0.3 is 5.97 Å². The second kappa shape index (κ2) is 8.24. The number of hydrogen-bond acceptors (Lipinski definition) is 5. The monoisotopic (exact) mass is 384 g/mol. The molecule has 0 saturated carbocycles. The summed E-state index contributed by atoms with van der Waals surface area (Å²) in [6, 6.07) is 7.65. The van der Waals surface area contributed by atoms with E-state index in [1.165, 1.54) is 4.90 Å². The number of aromatic nitrogens is 2. The molecule has 0 unspecified atom stereocenters. The standard InChI is InChI=1S/C20H24N4O4/c1-4-16(24-17-12-13(3)22-23(17)11-10-18(24)25)19(26)21-15-8-6-14(7-9-15)20(27)28-5-2/h6-9,12,16H,4-5,10-11H2,1-3H3,(H,21,26)/t16-/m0/s1. The van der Waals surface area contributed by atoms with Crippen LogP contribution in [0, 0.1) is 6.92 Å². The normalized spacial score (nSPS) is 14.4. The molecule has 1 N–H and O–H groups in total. The second-order valence-corrected chi connectivity index (χ2v) is 6.59. The van der Waals surface area contributed by atoms with Crippen molar-refractivity contribution < 1.29 is 19.1 Å². The highest BCUT2D eigenvalue weighted by Gasteiger charge is 2.34. The van der Waals surface area contributed by atoms with Gasteiger partial charge in [-0.1, -0.05) is 6.92 Å². The van der Waals surface area contributed by atoms with Crippen molar-refractivity contribution in [2.75, 3.05) is 16.8 Å². The maximum atomic E-state index is 12.9. The van der Waals surface area contributed by atoms with E-state index in [0.29, 0.717) is 43.1 Å². The van der Waals surface area contributed by atoms with Crippen molar-refractivity contribution in [2.24, 2.45) is 0 Å². The minimum atomic E-state index is -0.646. The van der Waals surface area contributed by atoms with Crippen molar-refractivity contribution in [2.45, 2.75) is 46.2 Å². The van der Waals surface area contributed by atoms with E-state index < -0.39 is 12.0 Å². The number of carbonyl (C=O) groups excluding carboxylic acids is 3. The van der Waals surface area contributed by atoms with Gasteiger partial charge in [0.15, 0.2) is 0 Å². The van der Waals surface area contributed by atoms with Crippen LogP contribution in [0.5, 0.6) is 0 Å². The molecule has 1 aromatic carbocycles. The SMILES string of the molecule is CCOC(=O)c1ccc(NC(=O)[C@H](CC)N2C(=O)CCn3nc(C)cc32)cc1. The summed E-state index contributed by atoms with van der Waals surface area (Å²) in [5, 5.41) is 7.22. The van der Waals surface area contributed by atoms with Gasteiger partial charge in [0.1, 0.15) is 11.9 Å². The van der Waals surface area contributed by atoms with Gasteiger partial charge in [0.05, 0.1) is 24.4 Å². The number of nitrogens with one attached hydrogen (secondary N) is 1. The molecule has 1 aromatic heterocycles. The van der Waals surface area contributed by atoms with Crippen LogP contribution in [-0.2, 0) is 20.9 Å². The van der Waals surface area contributed by atoms with Crippen molar-refractivity contribution in [3.63, 3.8) is 0 Å². The molecule has 0 bridgehead atoms. The van der Waals surface area contributed by atoms with Gasteiger partial charge in [-0.25, -0.2) is 9.48 Å². The topological polar surface area (TPSA) is 93.5 Å². The summed E-state index contributed by atoms with van der Waals surface area (Å²) in [4.78, 5) is 38.7. The molecular formula is C20H24N4O4. The van der Waals surface area contributed by atoms with Gasteiger partial charge in [-0.05, 0) is 44.5 Å². The summed E-state index contributed by atoms with van der Waals surface area (Å²) in [5.41, 5.74) is 1.77. The Kier molecular flexibility index (Phi) is 5.77. The van der Waals surface area contributed by atoms with Gasteiger partial charge < -0.3 is 10.1 Å². The van der Waals surface area contributed by atoms with Gasteiger partial charge in [-0.3, -0.25) is 14.5 Å². The third kappa shape index (κ3) is 3.90. The molecule has 1 aliphatic heterocycles. The molecule has 8 heteroatoms. The Balaban J connectivity index is 1.77. The quantitative estimate of drug-likeness (QED) is 0.773. The van der Waals surface area contributed by atoms with E-state index in [2.05, 4.69) is 10.4 Å². The van der Waals surface area contributed by atoms with Crippen molar-refractivity contribution in [1.29, 1.82) is 0 Å². The zero-order chi connectivity index (χ0) is 20.3. The molecule has 0 radical (unpaired) electrons. The van der Waals surface area contributed by atoms with Gasteiger partial charge in [-0.15, -0.1) is 0 Å². The molecule has 1 atom stereocenters. The van der Waals surface area contributed by atoms with E-state index >= 15 is 0 Å². The highest BCUT2D eigenvalue weighted by atomic mass is 16.5. The number of rotatable bonds is 6. The molecule has 0 saturated heterocycles. The van der Waals surface area contributed by atoms with Crippen LogP contribution in [0.3, 0.4) is 0 Å². The van der Waals surface area contributed by atoms with Gasteiger partial charge in [0.2, 0.25) is 11.8 Å². The molecule has 2 aromatic rings. The van der Waals surface area contributed by atoms with Crippen LogP contribution in [0.1, 0.15) is 42.7 Å². The Hall–Kier alpha value is -3.16. The third-order valence-corrected chi connectivity index (χ3v) is 4.60. The lowest BCUT2D eigenvalue weighted by molar-refractivity contribution is -0.124. The van der Waals surface area contributed by atoms with Crippen LogP contribution in [-0.4, -0.2) is 40.2 Å². The summed E-state index contributed by atoms with van der Waals surface area (Å²) in [6.45, 7) is 6.29. The summed E-state index contributed by atoms with van der Waals surface area (Å²) < 4.78 is 6.72. The van der Waals surface area contributed by atoms with Crippen LogP contribution in [0.25, 0.3) is 0 Å². The Morgan fingerprint density at radius 3 is 2.61 bits per heavy atom. The maximum Gasteiger partial charge on any atom is 0.338 e. The molecule has 3 rings (SSSR count). The average Bonchev–Trinajstić information content (AvgIpc) is 3.05. The zero-order valence-corrected chi connectivity index (χ0v) is 16.3. The Morgan fingerprint density at radius 1 is 1.25 bits per heavy atom. The first-order chi connectivity index (χ1) is 13.4. The number of amides is 2. The average molecular weight is 384 g/mol. The minimum Gasteiger partial charge on any atom is -0.462 e. The molecule has 0 fully saturated rings. The molecule has 8 nitrogen and oxygen atoms in total. The number of carbonyl (C=O) groups is 3. The first kappa shape index (κ1) is 19.6. The molecule has 0 spiro atoms. The minimum absolute atomic E-state index is 0.0907. The largest absolute Gasteiger partial charge is 0.462 e. The van der Waals surface area contributed by atoms with Crippen LogP contribution in [0.2, 0.25) is 0 Å². The van der Waals surface area contributed by atoms with E-state index in [0.717, 1.165) is 5.69 Å². The van der Waals surface area contributed by atoms with E-state index in [9.17, 15) is 14.4 Å². The number of esters is 1. The van der Waals surface area contributed by atoms with Crippen LogP contribution >= 0.6 is 0 Å². The lowest BCUT2D eigenvalue weighted by Gasteiger charge is -2.33. The van der Waals surface area contributed by atoms with E-state index in [1.54, 1.807) is 35.9 Å². The smallest absolute Gasteiger partial charge is 0.338 e. The van der Waals surface area contributed by atoms with Crippen molar-refractivity contribution in [3.8, 4) is 0 Å². The zero-order valence-electron chi connectivity index (χ0n) is 16.3. The highest BCUT2D eigenvalue weighted by molar-refractivity contribution is 6.05. The van der Waals surface area contributed by atoms with E-state index in [-0.39, 0.29) is 11.8 Å². The fraction of sp³-hybridized carbons (Fsp3) is 0.400. The summed E-state index contributed by atoms with van der Waals surface area (Å²) in [7, 11) is 0. The van der Waals surface area contributed by atoms with Crippen LogP contribution in [0.15, 0.2) is 30.3 Å². The highest BCUT2D eigenvalue weighted by Crippen LogP contribution is 2.26. The first-order valence-corrected chi connectivity index (χ1v) is 9.39. The Bertz CT molecular complexity index is 888. The molecule has 28 heavy (non-hydrogen) atoms. The Labute approximate surface area is 163 Å². The van der Waals surface area contributed by atoms with Gasteiger partial charge in [0.25, 0.3) is 0 Å². The van der Waals surface area contributed by atoms with Crippen molar-refractivity contribution >= 4 is 29.3 Å². The summed E-state index contributed by atoms with van der Waals surface area (Å²) >= 11 is 0. The molecule has 0 aliphatic carbocycles. The fourth-order valence-corrected chi connectivity index (χ4v) is 3.29. The van der Waals surface area contributed by atoms with Crippen LogP contribution < -0.4 is 10.2 Å². The molecule has 2 amide bonds. The van der Waals surface area contributed by atoms with Gasteiger partial charge in [-0.2, -0.15) is 5.10 Å². The number of anilines is 2. The van der Waals surface area contributed by atoms with E-state index in [1.807, 2.05) is 19.9 Å². The number of hydrogen-bond donors (Lipinski definition) is 1. The fourth-order valence-electron chi connectivity index (χ4n) is 3.29. The number of benzene rings is 1. The maximum absolute atomic E-state index is 12.9. The molecule has 2 heterocycles. The summed E-state index contributed by atoms with van der Waals surface area (Å²) in [5.74, 6) is -0.137. The third-order valence-electron chi connectivity index (χ3n) is 4.60. The number of nitrogens with zero attached hydrogens (tertiary/aromatic N) is 3. The lowest BCUT2D eigenvalue weighted by atomic mass is 10.1. The number of aryl methyl sites for hydroxylation is 2. The molecule has 148 valence electrons. The van der Waals surface area contributed by atoms with Crippen molar-refractivity contribution in [3.05, 3.63) is 41.6 Å². The summed E-state index contributed by atoms with van der Waals surface area (Å²) in [6.07, 6.45) is 0.773. The molecule has 1 aliphatic rings. The van der Waals surface area contributed by atoms with Crippen LogP contribution in [0.4, 0.5) is 11.5 Å². The predicted octanol–water partition coefficient (Wildman–Crippen LogP) is 2.52. The number of fused-ring (bicyclic) bond motifs is 1. The molecular weight excluding hydrogens is 360 g/mol. The Morgan fingerprint density at radius 2 is 1.96 bits per heavy atom. The first-order valence-electron chi connectivity index (χ1n) is 9.39. The predicted molar refractivity (Wildman–Crippen MR) is 104 cm³/mol. The lowest BCUT2D eigenvalue weighted by Crippen LogP contribution is -2.50. The van der Waals surface area contributed by atoms with E-state index in [4.69, 9.17) is 4.74 Å². The van der Waals surface area contributed by atoms with Gasteiger partial charge in [0, 0.05) is 18.2 Å². The van der Waals surface area contributed by atoms with Crippen molar-refractivity contribution in [1.82, 2.24) is 9.78 Å². The number of ether oxygens (including phenoxy) is 1.